The van der Waals surface area contributed by atoms with Crippen LogP contribution in [0.15, 0.2) is 47.6 Å². The predicted octanol–water partition coefficient (Wildman–Crippen LogP) is 4.96. The number of aryl methyl sites for hydroxylation is 3. The number of amides is 1. The number of thioether (sulfide) groups is 1. The quantitative estimate of drug-likeness (QED) is 0.476. The van der Waals surface area contributed by atoms with E-state index in [1.807, 2.05) is 12.1 Å². The van der Waals surface area contributed by atoms with Gasteiger partial charge in [-0.15, -0.1) is 10.2 Å². The van der Waals surface area contributed by atoms with Crippen molar-refractivity contribution in [3.63, 3.8) is 0 Å². The third kappa shape index (κ3) is 5.33. The molecule has 4 rings (SSSR count). The fourth-order valence-corrected chi connectivity index (χ4v) is 4.90. The van der Waals surface area contributed by atoms with Gasteiger partial charge in [0.2, 0.25) is 5.91 Å². The van der Waals surface area contributed by atoms with Crippen LogP contribution in [0, 0.1) is 20.8 Å². The minimum atomic E-state index is 0.0667. The first-order valence-electron chi connectivity index (χ1n) is 11.2. The molecule has 1 fully saturated rings. The number of aromatic nitrogens is 3. The van der Waals surface area contributed by atoms with E-state index in [1.165, 1.54) is 35.7 Å². The fourth-order valence-electron chi connectivity index (χ4n) is 4.13. The van der Waals surface area contributed by atoms with E-state index < -0.39 is 0 Å². The standard InChI is InChI=1S/C25H31N5OS/c1-17-12-13-19(3)22(14-17)30-23(15-26-21-11-7-4-8-18(21)2)28-29-25(30)32-16-24(31)27-20-9-5-6-10-20/h4,7-8,11-14,20,26H,5-6,9-10,15-16H2,1-3H3,(H,27,31). The number of nitrogens with one attached hydrogen (secondary N) is 2. The number of hydrogen-bond donors (Lipinski definition) is 2. The van der Waals surface area contributed by atoms with E-state index in [1.54, 1.807) is 0 Å². The van der Waals surface area contributed by atoms with Gasteiger partial charge in [0.05, 0.1) is 18.0 Å². The highest BCUT2D eigenvalue weighted by molar-refractivity contribution is 7.99. The maximum atomic E-state index is 12.5. The van der Waals surface area contributed by atoms with E-state index in [-0.39, 0.29) is 5.91 Å². The Bertz CT molecular complexity index is 1090. The lowest BCUT2D eigenvalue weighted by atomic mass is 10.1. The second-order valence-electron chi connectivity index (χ2n) is 8.53. The molecule has 0 spiro atoms. The molecular formula is C25H31N5OS. The highest BCUT2D eigenvalue weighted by Crippen LogP contribution is 2.26. The summed E-state index contributed by atoms with van der Waals surface area (Å²) in [6, 6.07) is 14.9. The maximum Gasteiger partial charge on any atom is 0.230 e. The van der Waals surface area contributed by atoms with Crippen molar-refractivity contribution in [2.24, 2.45) is 0 Å². The van der Waals surface area contributed by atoms with Crippen LogP contribution in [-0.4, -0.2) is 32.5 Å². The fraction of sp³-hybridized carbons (Fsp3) is 0.400. The van der Waals surface area contributed by atoms with Gasteiger partial charge in [0, 0.05) is 11.7 Å². The van der Waals surface area contributed by atoms with Crippen LogP contribution in [0.4, 0.5) is 5.69 Å². The minimum absolute atomic E-state index is 0.0667. The summed E-state index contributed by atoms with van der Waals surface area (Å²) in [7, 11) is 0. The predicted molar refractivity (Wildman–Crippen MR) is 130 cm³/mol. The average molecular weight is 450 g/mol. The molecular weight excluding hydrogens is 418 g/mol. The Morgan fingerprint density at radius 3 is 2.62 bits per heavy atom. The van der Waals surface area contributed by atoms with Crippen molar-refractivity contribution < 1.29 is 4.79 Å². The molecule has 0 atom stereocenters. The van der Waals surface area contributed by atoms with Gasteiger partial charge in [-0.25, -0.2) is 0 Å². The van der Waals surface area contributed by atoms with Gasteiger partial charge in [0.1, 0.15) is 0 Å². The Morgan fingerprint density at radius 2 is 1.84 bits per heavy atom. The number of rotatable bonds is 8. The number of carbonyl (C=O) groups is 1. The van der Waals surface area contributed by atoms with Crippen LogP contribution < -0.4 is 10.6 Å². The smallest absolute Gasteiger partial charge is 0.230 e. The van der Waals surface area contributed by atoms with Gasteiger partial charge < -0.3 is 10.6 Å². The first-order valence-corrected chi connectivity index (χ1v) is 12.2. The van der Waals surface area contributed by atoms with Gasteiger partial charge in [0.25, 0.3) is 0 Å². The number of hydrogen-bond acceptors (Lipinski definition) is 5. The summed E-state index contributed by atoms with van der Waals surface area (Å²) in [5.74, 6) is 1.22. The second-order valence-corrected chi connectivity index (χ2v) is 9.47. The van der Waals surface area contributed by atoms with Crippen LogP contribution in [0.2, 0.25) is 0 Å². The molecule has 0 radical (unpaired) electrons. The molecule has 168 valence electrons. The van der Waals surface area contributed by atoms with Gasteiger partial charge in [-0.3, -0.25) is 9.36 Å². The lowest BCUT2D eigenvalue weighted by Gasteiger charge is -2.15. The molecule has 1 aliphatic carbocycles. The molecule has 0 bridgehead atoms. The molecule has 2 aromatic carbocycles. The zero-order valence-electron chi connectivity index (χ0n) is 19.0. The number of benzene rings is 2. The lowest BCUT2D eigenvalue weighted by molar-refractivity contribution is -0.119. The second kappa shape index (κ2) is 10.2. The van der Waals surface area contributed by atoms with Crippen molar-refractivity contribution in [2.45, 2.75) is 64.2 Å². The Labute approximate surface area is 194 Å². The summed E-state index contributed by atoms with van der Waals surface area (Å²) < 4.78 is 2.08. The van der Waals surface area contributed by atoms with Crippen LogP contribution >= 0.6 is 11.8 Å². The minimum Gasteiger partial charge on any atom is -0.378 e. The third-order valence-electron chi connectivity index (χ3n) is 5.94. The highest BCUT2D eigenvalue weighted by Gasteiger charge is 2.20. The molecule has 6 nitrogen and oxygen atoms in total. The molecule has 0 saturated heterocycles. The Kier molecular flexibility index (Phi) is 7.15. The van der Waals surface area contributed by atoms with E-state index in [9.17, 15) is 4.79 Å². The zero-order chi connectivity index (χ0) is 22.5. The summed E-state index contributed by atoms with van der Waals surface area (Å²) in [5.41, 5.74) is 5.63. The van der Waals surface area contributed by atoms with Crippen LogP contribution in [0.5, 0.6) is 0 Å². The van der Waals surface area contributed by atoms with Crippen LogP contribution in [0.3, 0.4) is 0 Å². The van der Waals surface area contributed by atoms with E-state index in [0.717, 1.165) is 40.8 Å². The monoisotopic (exact) mass is 449 g/mol. The SMILES string of the molecule is Cc1ccc(C)c(-n2c(CNc3ccccc3C)nnc2SCC(=O)NC2CCCC2)c1. The van der Waals surface area contributed by atoms with Crippen LogP contribution in [-0.2, 0) is 11.3 Å². The Hall–Kier alpha value is -2.80. The van der Waals surface area contributed by atoms with Crippen LogP contribution in [0.1, 0.15) is 48.2 Å². The summed E-state index contributed by atoms with van der Waals surface area (Å²) in [5, 5.41) is 16.3. The Morgan fingerprint density at radius 1 is 1.06 bits per heavy atom. The molecule has 0 aliphatic heterocycles. The molecule has 1 aliphatic rings. The van der Waals surface area contributed by atoms with Crippen molar-refractivity contribution in [1.29, 1.82) is 0 Å². The first kappa shape index (κ1) is 22.4. The van der Waals surface area contributed by atoms with E-state index >= 15 is 0 Å². The van der Waals surface area contributed by atoms with Gasteiger partial charge >= 0.3 is 0 Å². The topological polar surface area (TPSA) is 71.8 Å². The third-order valence-corrected chi connectivity index (χ3v) is 6.87. The van der Waals surface area contributed by atoms with Crippen molar-refractivity contribution in [1.82, 2.24) is 20.1 Å². The van der Waals surface area contributed by atoms with Crippen molar-refractivity contribution >= 4 is 23.4 Å². The van der Waals surface area contributed by atoms with Crippen molar-refractivity contribution in [3.8, 4) is 5.69 Å². The summed E-state index contributed by atoms with van der Waals surface area (Å²) in [6.07, 6.45) is 4.58. The van der Waals surface area contributed by atoms with Gasteiger partial charge in [-0.2, -0.15) is 0 Å². The molecule has 1 saturated carbocycles. The van der Waals surface area contributed by atoms with Crippen molar-refractivity contribution in [2.75, 3.05) is 11.1 Å². The number of carbonyl (C=O) groups excluding carboxylic acids is 1. The lowest BCUT2D eigenvalue weighted by Crippen LogP contribution is -2.33. The molecule has 0 unspecified atom stereocenters. The number of nitrogens with zero attached hydrogens (tertiary/aromatic N) is 3. The van der Waals surface area contributed by atoms with Gasteiger partial charge in [-0.05, 0) is 62.4 Å². The van der Waals surface area contributed by atoms with E-state index in [2.05, 4.69) is 76.5 Å². The summed E-state index contributed by atoms with van der Waals surface area (Å²) >= 11 is 1.44. The maximum absolute atomic E-state index is 12.5. The number of anilines is 1. The first-order chi connectivity index (χ1) is 15.5. The normalized spacial score (nSPS) is 14.0. The van der Waals surface area contributed by atoms with E-state index in [4.69, 9.17) is 0 Å². The summed E-state index contributed by atoms with van der Waals surface area (Å²) in [4.78, 5) is 12.5. The van der Waals surface area contributed by atoms with E-state index in [0.29, 0.717) is 18.3 Å². The van der Waals surface area contributed by atoms with Crippen LogP contribution in [0.25, 0.3) is 5.69 Å². The Balaban J connectivity index is 1.56. The molecule has 3 aromatic rings. The zero-order valence-corrected chi connectivity index (χ0v) is 19.8. The molecule has 7 heteroatoms. The highest BCUT2D eigenvalue weighted by atomic mass is 32.2. The molecule has 2 N–H and O–H groups in total. The molecule has 1 aromatic heterocycles. The summed E-state index contributed by atoms with van der Waals surface area (Å²) in [6.45, 7) is 6.80. The van der Waals surface area contributed by atoms with Crippen molar-refractivity contribution in [3.05, 3.63) is 65.0 Å². The largest absolute Gasteiger partial charge is 0.378 e. The number of para-hydroxylation sites is 1. The average Bonchev–Trinajstić information content (AvgIpc) is 3.43. The van der Waals surface area contributed by atoms with Gasteiger partial charge in [-0.1, -0.05) is 54.9 Å². The molecule has 1 heterocycles. The molecule has 1 amide bonds. The molecule has 32 heavy (non-hydrogen) atoms. The van der Waals surface area contributed by atoms with Gasteiger partial charge in [0.15, 0.2) is 11.0 Å².